The Morgan fingerprint density at radius 1 is 1.03 bits per heavy atom. The summed E-state index contributed by atoms with van der Waals surface area (Å²) < 4.78 is 11.3. The molecule has 4 aromatic rings. The van der Waals surface area contributed by atoms with Crippen molar-refractivity contribution >= 4 is 22.9 Å². The van der Waals surface area contributed by atoms with Crippen LogP contribution in [0.1, 0.15) is 27.0 Å². The number of nitriles is 1. The third kappa shape index (κ3) is 5.17. The quantitative estimate of drug-likeness (QED) is 0.325. The average molecular weight is 435 g/mol. The summed E-state index contributed by atoms with van der Waals surface area (Å²) in [5.74, 6) is 1.05. The Morgan fingerprint density at radius 2 is 1.82 bits per heavy atom. The summed E-state index contributed by atoms with van der Waals surface area (Å²) in [6.45, 7) is 0.277. The molecule has 6 heteroatoms. The molecule has 0 aliphatic rings. The van der Waals surface area contributed by atoms with E-state index in [0.717, 1.165) is 21.9 Å². The van der Waals surface area contributed by atoms with E-state index in [1.54, 1.807) is 43.7 Å². The molecule has 0 heterocycles. The first-order valence-corrected chi connectivity index (χ1v) is 10.3. The van der Waals surface area contributed by atoms with Gasteiger partial charge in [-0.2, -0.15) is 10.4 Å². The van der Waals surface area contributed by atoms with Crippen LogP contribution in [0.4, 0.5) is 0 Å². The predicted molar refractivity (Wildman–Crippen MR) is 127 cm³/mol. The van der Waals surface area contributed by atoms with E-state index in [1.165, 1.54) is 0 Å². The Morgan fingerprint density at radius 3 is 2.61 bits per heavy atom. The summed E-state index contributed by atoms with van der Waals surface area (Å²) in [6.07, 6.45) is 1.58. The molecule has 0 spiro atoms. The molecular formula is C27H21N3O3. The van der Waals surface area contributed by atoms with Crippen molar-refractivity contribution in [2.75, 3.05) is 7.11 Å². The summed E-state index contributed by atoms with van der Waals surface area (Å²) in [5.41, 5.74) is 5.35. The van der Waals surface area contributed by atoms with Crippen LogP contribution in [0.25, 0.3) is 10.8 Å². The van der Waals surface area contributed by atoms with Gasteiger partial charge in [-0.25, -0.2) is 5.43 Å². The molecule has 4 rings (SSSR count). The van der Waals surface area contributed by atoms with Gasteiger partial charge in [-0.1, -0.05) is 36.4 Å². The predicted octanol–water partition coefficient (Wildman–Crippen LogP) is 5.06. The lowest BCUT2D eigenvalue weighted by molar-refractivity contribution is 0.0957. The monoisotopic (exact) mass is 435 g/mol. The number of hydrogen-bond donors (Lipinski definition) is 1. The van der Waals surface area contributed by atoms with Crippen LogP contribution in [0.5, 0.6) is 11.5 Å². The molecule has 162 valence electrons. The molecule has 0 saturated carbocycles. The van der Waals surface area contributed by atoms with E-state index >= 15 is 0 Å². The number of benzene rings is 4. The largest absolute Gasteiger partial charge is 0.496 e. The molecule has 0 aromatic heterocycles. The zero-order valence-electron chi connectivity index (χ0n) is 18.0. The minimum atomic E-state index is -0.277. The van der Waals surface area contributed by atoms with Crippen LogP contribution >= 0.6 is 0 Å². The second kappa shape index (κ2) is 10.1. The van der Waals surface area contributed by atoms with Crippen LogP contribution in [-0.2, 0) is 6.61 Å². The zero-order chi connectivity index (χ0) is 23.0. The highest BCUT2D eigenvalue weighted by atomic mass is 16.5. The number of nitrogens with one attached hydrogen (secondary N) is 1. The smallest absolute Gasteiger partial charge is 0.271 e. The second-order valence-electron chi connectivity index (χ2n) is 7.22. The van der Waals surface area contributed by atoms with E-state index in [2.05, 4.69) is 16.6 Å². The Hall–Kier alpha value is -4.63. The molecule has 33 heavy (non-hydrogen) atoms. The zero-order valence-corrected chi connectivity index (χ0v) is 18.0. The highest BCUT2D eigenvalue weighted by molar-refractivity contribution is 6.07. The fraction of sp³-hybridized carbons (Fsp3) is 0.0741. The fourth-order valence-corrected chi connectivity index (χ4v) is 3.43. The number of hydrogen-bond acceptors (Lipinski definition) is 5. The number of hydrazone groups is 1. The molecule has 6 nitrogen and oxygen atoms in total. The topological polar surface area (TPSA) is 83.7 Å². The summed E-state index contributed by atoms with van der Waals surface area (Å²) in [5, 5.41) is 14.9. The van der Waals surface area contributed by atoms with Gasteiger partial charge in [0, 0.05) is 11.1 Å². The molecule has 0 unspecified atom stereocenters. The van der Waals surface area contributed by atoms with Crippen molar-refractivity contribution in [2.45, 2.75) is 6.61 Å². The van der Waals surface area contributed by atoms with E-state index in [1.807, 2.05) is 54.6 Å². The number of ether oxygens (including phenoxy) is 2. The number of carbonyl (C=O) groups is 1. The molecule has 1 amide bonds. The van der Waals surface area contributed by atoms with Crippen LogP contribution in [0.3, 0.4) is 0 Å². The summed E-state index contributed by atoms with van der Waals surface area (Å²) in [7, 11) is 1.60. The van der Waals surface area contributed by atoms with E-state index in [-0.39, 0.29) is 12.5 Å². The summed E-state index contributed by atoms with van der Waals surface area (Å²) >= 11 is 0. The first-order valence-electron chi connectivity index (χ1n) is 10.3. The molecular weight excluding hydrogens is 414 g/mol. The van der Waals surface area contributed by atoms with Crippen LogP contribution < -0.4 is 14.9 Å². The number of nitrogens with zero attached hydrogens (tertiary/aromatic N) is 2. The van der Waals surface area contributed by atoms with Crippen molar-refractivity contribution in [2.24, 2.45) is 5.10 Å². The van der Waals surface area contributed by atoms with Crippen LogP contribution in [0.2, 0.25) is 0 Å². The molecule has 0 aliphatic carbocycles. The minimum Gasteiger partial charge on any atom is -0.496 e. The Labute approximate surface area is 191 Å². The van der Waals surface area contributed by atoms with E-state index in [4.69, 9.17) is 14.7 Å². The average Bonchev–Trinajstić information content (AvgIpc) is 2.87. The standard InChI is InChI=1S/C27H21N3O3/c1-32-26-14-11-20(15-22(26)18-33-23-12-9-19(16-28)10-13-23)17-29-30-27(31)25-8-4-6-21-5-2-3-7-24(21)25/h2-15,17H,18H2,1H3,(H,30,31)/b29-17-. The van der Waals surface area contributed by atoms with Crippen molar-refractivity contribution in [3.63, 3.8) is 0 Å². The Kier molecular flexibility index (Phi) is 6.62. The van der Waals surface area contributed by atoms with Crippen molar-refractivity contribution in [1.29, 1.82) is 5.26 Å². The van der Waals surface area contributed by atoms with Crippen LogP contribution in [0, 0.1) is 11.3 Å². The van der Waals surface area contributed by atoms with Gasteiger partial charge in [0.05, 0.1) is 25.0 Å². The Bertz CT molecular complexity index is 1350. The van der Waals surface area contributed by atoms with Gasteiger partial charge in [-0.05, 0) is 64.9 Å². The van der Waals surface area contributed by atoms with E-state index < -0.39 is 0 Å². The van der Waals surface area contributed by atoms with Gasteiger partial charge in [0.25, 0.3) is 5.91 Å². The lowest BCUT2D eigenvalue weighted by atomic mass is 10.0. The second-order valence-corrected chi connectivity index (χ2v) is 7.22. The summed E-state index contributed by atoms with van der Waals surface area (Å²) in [6, 6.07) is 27.9. The lowest BCUT2D eigenvalue weighted by Crippen LogP contribution is -2.17. The third-order valence-corrected chi connectivity index (χ3v) is 5.10. The van der Waals surface area contributed by atoms with Crippen LogP contribution in [0.15, 0.2) is 90.0 Å². The SMILES string of the molecule is COc1ccc(/C=N\NC(=O)c2cccc3ccccc23)cc1COc1ccc(C#N)cc1. The van der Waals surface area contributed by atoms with Gasteiger partial charge >= 0.3 is 0 Å². The molecule has 0 radical (unpaired) electrons. The maximum Gasteiger partial charge on any atom is 0.271 e. The van der Waals surface area contributed by atoms with Gasteiger partial charge in [-0.3, -0.25) is 4.79 Å². The van der Waals surface area contributed by atoms with Gasteiger partial charge < -0.3 is 9.47 Å². The molecule has 1 N–H and O–H groups in total. The van der Waals surface area contributed by atoms with Crippen molar-refractivity contribution in [3.05, 3.63) is 107 Å². The number of methoxy groups -OCH3 is 1. The molecule has 0 aliphatic heterocycles. The van der Waals surface area contributed by atoms with Gasteiger partial charge in [-0.15, -0.1) is 0 Å². The fourth-order valence-electron chi connectivity index (χ4n) is 3.43. The molecule has 0 bridgehead atoms. The highest BCUT2D eigenvalue weighted by Crippen LogP contribution is 2.22. The third-order valence-electron chi connectivity index (χ3n) is 5.10. The molecule has 4 aromatic carbocycles. The maximum atomic E-state index is 12.6. The Balaban J connectivity index is 1.45. The van der Waals surface area contributed by atoms with Gasteiger partial charge in [0.2, 0.25) is 0 Å². The first-order chi connectivity index (χ1) is 16.2. The number of amides is 1. The number of carbonyl (C=O) groups excluding carboxylic acids is 1. The maximum absolute atomic E-state index is 12.6. The van der Waals surface area contributed by atoms with Gasteiger partial charge in [0.15, 0.2) is 0 Å². The van der Waals surface area contributed by atoms with E-state index in [0.29, 0.717) is 22.6 Å². The lowest BCUT2D eigenvalue weighted by Gasteiger charge is -2.11. The minimum absolute atomic E-state index is 0.277. The number of rotatable bonds is 7. The molecule has 0 saturated heterocycles. The molecule has 0 atom stereocenters. The van der Waals surface area contributed by atoms with E-state index in [9.17, 15) is 4.79 Å². The first kappa shape index (κ1) is 21.6. The van der Waals surface area contributed by atoms with Crippen molar-refractivity contribution < 1.29 is 14.3 Å². The van der Waals surface area contributed by atoms with Gasteiger partial charge in [0.1, 0.15) is 18.1 Å². The van der Waals surface area contributed by atoms with Crippen molar-refractivity contribution in [3.8, 4) is 17.6 Å². The van der Waals surface area contributed by atoms with Crippen molar-refractivity contribution in [1.82, 2.24) is 5.43 Å². The number of fused-ring (bicyclic) bond motifs is 1. The summed E-state index contributed by atoms with van der Waals surface area (Å²) in [4.78, 5) is 12.6. The van der Waals surface area contributed by atoms with Crippen LogP contribution in [-0.4, -0.2) is 19.2 Å². The highest BCUT2D eigenvalue weighted by Gasteiger charge is 2.09. The normalized spacial score (nSPS) is 10.7. The molecule has 0 fully saturated rings.